The fourth-order valence-corrected chi connectivity index (χ4v) is 1.69. The summed E-state index contributed by atoms with van der Waals surface area (Å²) in [5.74, 6) is -0.492. The van der Waals surface area contributed by atoms with Crippen molar-refractivity contribution in [1.82, 2.24) is 5.32 Å². The molecule has 4 heteroatoms. The zero-order valence-corrected chi connectivity index (χ0v) is 12.5. The molecular weight excluding hydrogens is 273 g/mol. The average molecular weight is 291 g/mol. The minimum atomic E-state index is -0.304. The van der Waals surface area contributed by atoms with Gasteiger partial charge < -0.3 is 5.32 Å². The van der Waals surface area contributed by atoms with Crippen LogP contribution >= 0.6 is 12.6 Å². The predicted molar refractivity (Wildman–Crippen MR) is 82.6 cm³/mol. The highest BCUT2D eigenvalue weighted by Gasteiger charge is 2.04. The van der Waals surface area contributed by atoms with Crippen molar-refractivity contribution >= 4 is 18.5 Å². The smallest absolute Gasteiger partial charge is 0.251 e. The van der Waals surface area contributed by atoms with E-state index in [-0.39, 0.29) is 11.7 Å². The van der Waals surface area contributed by atoms with Crippen LogP contribution in [0.2, 0.25) is 0 Å². The molecule has 2 aromatic rings. The topological polar surface area (TPSA) is 29.1 Å². The molecule has 0 aliphatic carbocycles. The Morgan fingerprint density at radius 3 is 2.40 bits per heavy atom. The van der Waals surface area contributed by atoms with Crippen LogP contribution in [-0.4, -0.2) is 5.91 Å². The Morgan fingerprint density at radius 1 is 1.15 bits per heavy atom. The van der Waals surface area contributed by atoms with Gasteiger partial charge in [-0.1, -0.05) is 26.0 Å². The van der Waals surface area contributed by atoms with E-state index in [1.54, 1.807) is 36.4 Å². The third kappa shape index (κ3) is 5.05. The number of nitrogens with one attached hydrogen (secondary N) is 1. The van der Waals surface area contributed by atoms with Gasteiger partial charge in [-0.2, -0.15) is 0 Å². The maximum Gasteiger partial charge on any atom is 0.251 e. The molecule has 20 heavy (non-hydrogen) atoms. The van der Waals surface area contributed by atoms with Crippen molar-refractivity contribution in [3.05, 3.63) is 65.5 Å². The number of hydrogen-bond donors (Lipinski definition) is 2. The van der Waals surface area contributed by atoms with Crippen molar-refractivity contribution in [3.8, 4) is 0 Å². The number of hydrogen-bond acceptors (Lipinski definition) is 2. The Balaban J connectivity index is 0.000000956. The summed E-state index contributed by atoms with van der Waals surface area (Å²) in [5.41, 5.74) is 1.29. The van der Waals surface area contributed by atoms with E-state index in [2.05, 4.69) is 17.9 Å². The van der Waals surface area contributed by atoms with Crippen molar-refractivity contribution < 1.29 is 9.18 Å². The molecule has 106 valence electrons. The Kier molecular flexibility index (Phi) is 6.81. The summed E-state index contributed by atoms with van der Waals surface area (Å²) in [6, 6.07) is 13.0. The van der Waals surface area contributed by atoms with E-state index in [1.807, 2.05) is 13.8 Å². The molecule has 0 heterocycles. The third-order valence-electron chi connectivity index (χ3n) is 2.47. The van der Waals surface area contributed by atoms with Gasteiger partial charge in [0.1, 0.15) is 5.82 Å². The second kappa shape index (κ2) is 8.38. The van der Waals surface area contributed by atoms with Crippen molar-refractivity contribution in [2.75, 3.05) is 0 Å². The first-order chi connectivity index (χ1) is 9.65. The lowest BCUT2D eigenvalue weighted by molar-refractivity contribution is 0.0951. The molecule has 0 aliphatic rings. The Hall–Kier alpha value is -1.81. The van der Waals surface area contributed by atoms with E-state index in [0.29, 0.717) is 12.1 Å². The Morgan fingerprint density at radius 2 is 1.80 bits per heavy atom. The Labute approximate surface area is 124 Å². The SMILES string of the molecule is CC.O=C(NCc1cccc(F)c1)c1ccc(S)cc1. The standard InChI is InChI=1S/C14H12FNOS.C2H6/c15-12-3-1-2-10(8-12)9-16-14(17)11-4-6-13(18)7-5-11;1-2/h1-8,18H,9H2,(H,16,17);1-2H3. The molecule has 0 aromatic heterocycles. The van der Waals surface area contributed by atoms with Crippen LogP contribution < -0.4 is 5.32 Å². The van der Waals surface area contributed by atoms with E-state index >= 15 is 0 Å². The number of carbonyl (C=O) groups excluding carboxylic acids is 1. The number of carbonyl (C=O) groups is 1. The zero-order valence-electron chi connectivity index (χ0n) is 11.6. The maximum absolute atomic E-state index is 12.9. The van der Waals surface area contributed by atoms with Gasteiger partial charge in [-0.3, -0.25) is 4.79 Å². The summed E-state index contributed by atoms with van der Waals surface area (Å²) in [5, 5.41) is 2.73. The van der Waals surface area contributed by atoms with E-state index in [9.17, 15) is 9.18 Å². The number of halogens is 1. The average Bonchev–Trinajstić information content (AvgIpc) is 2.48. The number of benzene rings is 2. The fourth-order valence-electron chi connectivity index (χ4n) is 1.54. The van der Waals surface area contributed by atoms with E-state index in [4.69, 9.17) is 0 Å². The second-order valence-corrected chi connectivity index (χ2v) is 4.38. The zero-order chi connectivity index (χ0) is 15.0. The lowest BCUT2D eigenvalue weighted by atomic mass is 10.2. The fraction of sp³-hybridized carbons (Fsp3) is 0.188. The van der Waals surface area contributed by atoms with Crippen LogP contribution in [0.15, 0.2) is 53.4 Å². The molecule has 2 nitrogen and oxygen atoms in total. The largest absolute Gasteiger partial charge is 0.348 e. The van der Waals surface area contributed by atoms with Crippen molar-refractivity contribution in [3.63, 3.8) is 0 Å². The van der Waals surface area contributed by atoms with Crippen molar-refractivity contribution in [1.29, 1.82) is 0 Å². The van der Waals surface area contributed by atoms with Gasteiger partial charge in [0, 0.05) is 17.0 Å². The molecule has 0 bridgehead atoms. The lowest BCUT2D eigenvalue weighted by Gasteiger charge is -2.05. The molecule has 1 N–H and O–H groups in total. The minimum absolute atomic E-state index is 0.187. The molecular formula is C16H18FNOS. The summed E-state index contributed by atoms with van der Waals surface area (Å²) >= 11 is 4.15. The van der Waals surface area contributed by atoms with Crippen LogP contribution in [-0.2, 0) is 6.54 Å². The monoisotopic (exact) mass is 291 g/mol. The third-order valence-corrected chi connectivity index (χ3v) is 2.77. The van der Waals surface area contributed by atoms with Gasteiger partial charge in [-0.25, -0.2) is 4.39 Å². The summed E-state index contributed by atoms with van der Waals surface area (Å²) in [6.07, 6.45) is 0. The molecule has 0 saturated carbocycles. The molecule has 1 amide bonds. The van der Waals surface area contributed by atoms with Crippen LogP contribution in [0, 0.1) is 5.82 Å². The summed E-state index contributed by atoms with van der Waals surface area (Å²) in [6.45, 7) is 4.30. The normalized spacial score (nSPS) is 9.40. The van der Waals surface area contributed by atoms with E-state index in [0.717, 1.165) is 10.5 Å². The van der Waals surface area contributed by atoms with Crippen LogP contribution in [0.5, 0.6) is 0 Å². The first-order valence-electron chi connectivity index (χ1n) is 6.47. The molecule has 0 spiro atoms. The van der Waals surface area contributed by atoms with E-state index in [1.165, 1.54) is 12.1 Å². The highest BCUT2D eigenvalue weighted by atomic mass is 32.1. The van der Waals surface area contributed by atoms with Crippen molar-refractivity contribution in [2.24, 2.45) is 0 Å². The molecule has 0 radical (unpaired) electrons. The molecule has 0 aliphatic heterocycles. The molecule has 0 saturated heterocycles. The van der Waals surface area contributed by atoms with E-state index < -0.39 is 0 Å². The molecule has 0 atom stereocenters. The lowest BCUT2D eigenvalue weighted by Crippen LogP contribution is -2.22. The highest BCUT2D eigenvalue weighted by Crippen LogP contribution is 2.08. The van der Waals surface area contributed by atoms with Gasteiger partial charge in [0.25, 0.3) is 5.91 Å². The molecule has 2 rings (SSSR count). The van der Waals surface area contributed by atoms with Gasteiger partial charge in [-0.15, -0.1) is 12.6 Å². The number of rotatable bonds is 3. The maximum atomic E-state index is 12.9. The quantitative estimate of drug-likeness (QED) is 0.820. The van der Waals surface area contributed by atoms with Gasteiger partial charge in [0.15, 0.2) is 0 Å². The van der Waals surface area contributed by atoms with Crippen molar-refractivity contribution in [2.45, 2.75) is 25.3 Å². The van der Waals surface area contributed by atoms with Crippen LogP contribution in [0.1, 0.15) is 29.8 Å². The number of amides is 1. The molecule has 0 unspecified atom stereocenters. The van der Waals surface area contributed by atoms with Crippen LogP contribution in [0.4, 0.5) is 4.39 Å². The first-order valence-corrected chi connectivity index (χ1v) is 6.91. The summed E-state index contributed by atoms with van der Waals surface area (Å²) in [7, 11) is 0. The predicted octanol–water partition coefficient (Wildman–Crippen LogP) is 4.07. The second-order valence-electron chi connectivity index (χ2n) is 3.86. The molecule has 2 aromatic carbocycles. The number of thiol groups is 1. The molecule has 0 fully saturated rings. The minimum Gasteiger partial charge on any atom is -0.348 e. The Bertz CT molecular complexity index is 555. The van der Waals surface area contributed by atoms with Gasteiger partial charge in [-0.05, 0) is 42.0 Å². The van der Waals surface area contributed by atoms with Crippen LogP contribution in [0.3, 0.4) is 0 Å². The van der Waals surface area contributed by atoms with Gasteiger partial charge in [0.05, 0.1) is 0 Å². The van der Waals surface area contributed by atoms with Crippen LogP contribution in [0.25, 0.3) is 0 Å². The highest BCUT2D eigenvalue weighted by molar-refractivity contribution is 7.80. The summed E-state index contributed by atoms with van der Waals surface area (Å²) in [4.78, 5) is 12.6. The summed E-state index contributed by atoms with van der Waals surface area (Å²) < 4.78 is 12.9. The van der Waals surface area contributed by atoms with Gasteiger partial charge in [0.2, 0.25) is 0 Å². The van der Waals surface area contributed by atoms with Gasteiger partial charge >= 0.3 is 0 Å². The first kappa shape index (κ1) is 16.2.